The molecule has 1 aromatic heterocycles. The maximum atomic E-state index is 12.5. The van der Waals surface area contributed by atoms with Crippen LogP contribution in [0.1, 0.15) is 15.9 Å². The normalized spacial score (nSPS) is 15.4. The minimum atomic E-state index is -0.112. The fraction of sp³-hybridized carbons (Fsp3) is 0.300. The lowest BCUT2D eigenvalue weighted by Gasteiger charge is -2.25. The first kappa shape index (κ1) is 18.0. The van der Waals surface area contributed by atoms with Crippen molar-refractivity contribution in [3.05, 3.63) is 53.6 Å². The summed E-state index contributed by atoms with van der Waals surface area (Å²) < 4.78 is 11.1. The van der Waals surface area contributed by atoms with Gasteiger partial charge in [0.15, 0.2) is 0 Å². The Balaban J connectivity index is 1.34. The molecule has 0 saturated heterocycles. The Hall–Kier alpha value is -3.42. The average molecular weight is 379 g/mol. The molecule has 4 rings (SSSR count). The minimum Gasteiger partial charge on any atom is -0.497 e. The predicted octanol–water partition coefficient (Wildman–Crippen LogP) is 1.87. The minimum absolute atomic E-state index is 0.112. The summed E-state index contributed by atoms with van der Waals surface area (Å²) in [5.41, 5.74) is 2.54. The van der Waals surface area contributed by atoms with Crippen LogP contribution in [0, 0.1) is 5.92 Å². The largest absolute Gasteiger partial charge is 0.497 e. The summed E-state index contributed by atoms with van der Waals surface area (Å²) >= 11 is 0. The highest BCUT2D eigenvalue weighted by Crippen LogP contribution is 2.30. The molecular weight excluding hydrogens is 358 g/mol. The van der Waals surface area contributed by atoms with Crippen molar-refractivity contribution in [3.63, 3.8) is 0 Å². The van der Waals surface area contributed by atoms with E-state index in [0.717, 1.165) is 29.0 Å². The van der Waals surface area contributed by atoms with Gasteiger partial charge in [0.05, 0.1) is 20.8 Å². The van der Waals surface area contributed by atoms with E-state index in [-0.39, 0.29) is 11.8 Å². The maximum Gasteiger partial charge on any atom is 0.251 e. The van der Waals surface area contributed by atoms with Crippen LogP contribution in [0.5, 0.6) is 11.5 Å². The molecule has 0 saturated carbocycles. The summed E-state index contributed by atoms with van der Waals surface area (Å²) in [5, 5.41) is 14.9. The number of nitrogens with zero attached hydrogens (tertiary/aromatic N) is 4. The molecule has 1 N–H and O–H groups in total. The molecule has 0 spiro atoms. The molecule has 3 aromatic rings. The first-order valence-corrected chi connectivity index (χ1v) is 9.04. The Morgan fingerprint density at radius 3 is 2.82 bits per heavy atom. The van der Waals surface area contributed by atoms with Crippen LogP contribution in [-0.2, 0) is 13.5 Å². The molecule has 8 heteroatoms. The van der Waals surface area contributed by atoms with Gasteiger partial charge in [0.25, 0.3) is 5.91 Å². The maximum absolute atomic E-state index is 12.5. The van der Waals surface area contributed by atoms with Gasteiger partial charge in [-0.3, -0.25) is 4.79 Å². The van der Waals surface area contributed by atoms with Gasteiger partial charge in [-0.2, -0.15) is 4.80 Å². The monoisotopic (exact) mass is 379 g/mol. The first-order valence-electron chi connectivity index (χ1n) is 9.04. The number of carbonyl (C=O) groups excluding carboxylic acids is 1. The summed E-state index contributed by atoms with van der Waals surface area (Å²) in [4.78, 5) is 13.9. The zero-order chi connectivity index (χ0) is 19.5. The average Bonchev–Trinajstić information content (AvgIpc) is 3.18. The van der Waals surface area contributed by atoms with Crippen molar-refractivity contribution >= 4 is 5.91 Å². The van der Waals surface area contributed by atoms with Crippen molar-refractivity contribution in [3.8, 4) is 22.9 Å². The number of aryl methyl sites for hydroxylation is 1. The van der Waals surface area contributed by atoms with Crippen molar-refractivity contribution in [2.75, 3.05) is 20.3 Å². The van der Waals surface area contributed by atoms with Crippen LogP contribution >= 0.6 is 0 Å². The summed E-state index contributed by atoms with van der Waals surface area (Å²) in [7, 11) is 3.35. The Kier molecular flexibility index (Phi) is 4.92. The van der Waals surface area contributed by atoms with Gasteiger partial charge in [-0.05, 0) is 35.4 Å². The second kappa shape index (κ2) is 7.67. The van der Waals surface area contributed by atoms with Gasteiger partial charge in [0.2, 0.25) is 5.82 Å². The molecule has 1 atom stereocenters. The lowest BCUT2D eigenvalue weighted by Crippen LogP contribution is -2.34. The lowest BCUT2D eigenvalue weighted by atomic mass is 9.96. The Morgan fingerprint density at radius 2 is 2.11 bits per heavy atom. The summed E-state index contributed by atoms with van der Waals surface area (Å²) in [5.74, 6) is 2.29. The van der Waals surface area contributed by atoms with E-state index < -0.39 is 0 Å². The van der Waals surface area contributed by atoms with Crippen molar-refractivity contribution in [2.45, 2.75) is 6.42 Å². The molecule has 1 unspecified atom stereocenters. The predicted molar refractivity (Wildman–Crippen MR) is 102 cm³/mol. The van der Waals surface area contributed by atoms with E-state index >= 15 is 0 Å². The summed E-state index contributed by atoms with van der Waals surface area (Å²) in [6.07, 6.45) is 0.858. The number of nitrogens with one attached hydrogen (secondary N) is 1. The van der Waals surface area contributed by atoms with E-state index in [9.17, 15) is 4.79 Å². The molecule has 1 aliphatic rings. The molecule has 0 fully saturated rings. The van der Waals surface area contributed by atoms with Gasteiger partial charge < -0.3 is 14.8 Å². The van der Waals surface area contributed by atoms with E-state index in [2.05, 4.69) is 20.7 Å². The number of tetrazole rings is 1. The zero-order valence-corrected chi connectivity index (χ0v) is 15.8. The van der Waals surface area contributed by atoms with Crippen molar-refractivity contribution in [1.82, 2.24) is 25.5 Å². The number of aromatic nitrogens is 4. The van der Waals surface area contributed by atoms with Crippen LogP contribution in [0.2, 0.25) is 0 Å². The number of amides is 1. The van der Waals surface area contributed by atoms with Crippen molar-refractivity contribution < 1.29 is 14.3 Å². The Bertz CT molecular complexity index is 984. The molecule has 2 aromatic carbocycles. The Labute approximate surface area is 162 Å². The highest BCUT2D eigenvalue weighted by atomic mass is 16.5. The lowest BCUT2D eigenvalue weighted by molar-refractivity contribution is 0.0939. The standard InChI is InChI=1S/C20H21N5O3/c1-25-23-19(22-24-25)14-3-5-15(6-4-14)20(26)21-11-13-9-16-7-8-17(27-2)10-18(16)28-12-13/h3-8,10,13H,9,11-12H2,1-2H3,(H,21,26). The highest BCUT2D eigenvalue weighted by molar-refractivity contribution is 5.94. The number of ether oxygens (including phenoxy) is 2. The number of hydrogen-bond donors (Lipinski definition) is 1. The molecule has 0 aliphatic carbocycles. The third-order valence-corrected chi connectivity index (χ3v) is 4.72. The van der Waals surface area contributed by atoms with Crippen molar-refractivity contribution in [1.29, 1.82) is 0 Å². The fourth-order valence-electron chi connectivity index (χ4n) is 3.18. The Morgan fingerprint density at radius 1 is 1.29 bits per heavy atom. The molecule has 28 heavy (non-hydrogen) atoms. The molecule has 144 valence electrons. The summed E-state index contributed by atoms with van der Waals surface area (Å²) in [6, 6.07) is 13.0. The number of fused-ring (bicyclic) bond motifs is 1. The second-order valence-electron chi connectivity index (χ2n) is 6.74. The molecule has 0 radical (unpaired) electrons. The van der Waals surface area contributed by atoms with Crippen LogP contribution in [0.15, 0.2) is 42.5 Å². The molecule has 0 bridgehead atoms. The topological polar surface area (TPSA) is 91.2 Å². The fourth-order valence-corrected chi connectivity index (χ4v) is 3.18. The molecule has 1 amide bonds. The van der Waals surface area contributed by atoms with Gasteiger partial charge >= 0.3 is 0 Å². The molecule has 1 aliphatic heterocycles. The number of rotatable bonds is 5. The van der Waals surface area contributed by atoms with Gasteiger partial charge in [0.1, 0.15) is 11.5 Å². The van der Waals surface area contributed by atoms with Crippen LogP contribution in [-0.4, -0.2) is 46.4 Å². The quantitative estimate of drug-likeness (QED) is 0.728. The van der Waals surface area contributed by atoms with Gasteiger partial charge in [-0.25, -0.2) is 0 Å². The number of methoxy groups -OCH3 is 1. The van der Waals surface area contributed by atoms with Crippen LogP contribution in [0.25, 0.3) is 11.4 Å². The third-order valence-electron chi connectivity index (χ3n) is 4.72. The van der Waals surface area contributed by atoms with Crippen LogP contribution < -0.4 is 14.8 Å². The number of carbonyl (C=O) groups is 1. The van der Waals surface area contributed by atoms with E-state index in [1.807, 2.05) is 30.3 Å². The SMILES string of the molecule is COc1ccc2c(c1)OCC(CNC(=O)c1ccc(-c3nnn(C)n3)cc1)C2. The molecule has 8 nitrogen and oxygen atoms in total. The third kappa shape index (κ3) is 3.80. The zero-order valence-electron chi connectivity index (χ0n) is 15.8. The van der Waals surface area contributed by atoms with Gasteiger partial charge in [-0.1, -0.05) is 18.2 Å². The van der Waals surface area contributed by atoms with E-state index in [1.54, 1.807) is 26.3 Å². The smallest absolute Gasteiger partial charge is 0.251 e. The molecule has 2 heterocycles. The number of hydrogen-bond acceptors (Lipinski definition) is 6. The van der Waals surface area contributed by atoms with Crippen LogP contribution in [0.3, 0.4) is 0 Å². The molecular formula is C20H21N5O3. The highest BCUT2D eigenvalue weighted by Gasteiger charge is 2.21. The van der Waals surface area contributed by atoms with E-state index in [0.29, 0.717) is 24.5 Å². The number of benzene rings is 2. The second-order valence-corrected chi connectivity index (χ2v) is 6.74. The van der Waals surface area contributed by atoms with Gasteiger partial charge in [-0.15, -0.1) is 10.2 Å². The first-order chi connectivity index (χ1) is 13.6. The summed E-state index contributed by atoms with van der Waals surface area (Å²) in [6.45, 7) is 1.12. The van der Waals surface area contributed by atoms with Crippen LogP contribution in [0.4, 0.5) is 0 Å². The van der Waals surface area contributed by atoms with E-state index in [1.165, 1.54) is 4.80 Å². The van der Waals surface area contributed by atoms with E-state index in [4.69, 9.17) is 9.47 Å². The van der Waals surface area contributed by atoms with Crippen molar-refractivity contribution in [2.24, 2.45) is 13.0 Å². The van der Waals surface area contributed by atoms with Gasteiger partial charge in [0, 0.05) is 29.7 Å².